The SMILES string of the molecule is CCC(C)Cn1c(CCNC(=O)c2ccco2)nc2ccccc21. The van der Waals surface area contributed by atoms with Gasteiger partial charge in [0.2, 0.25) is 0 Å². The fraction of sp³-hybridized carbons (Fsp3) is 0.368. The number of carbonyl (C=O) groups is 1. The second kappa shape index (κ2) is 7.34. The first-order valence-corrected chi connectivity index (χ1v) is 8.45. The molecule has 1 unspecified atom stereocenters. The number of furan rings is 1. The van der Waals surface area contributed by atoms with Gasteiger partial charge in [0, 0.05) is 19.5 Å². The summed E-state index contributed by atoms with van der Waals surface area (Å²) in [5.41, 5.74) is 2.17. The molecule has 0 saturated heterocycles. The van der Waals surface area contributed by atoms with E-state index in [9.17, 15) is 4.79 Å². The Labute approximate surface area is 141 Å². The van der Waals surface area contributed by atoms with E-state index in [4.69, 9.17) is 9.40 Å². The van der Waals surface area contributed by atoms with Gasteiger partial charge in [0.1, 0.15) is 5.82 Å². The van der Waals surface area contributed by atoms with Crippen LogP contribution in [-0.4, -0.2) is 22.0 Å². The molecular formula is C19H23N3O2. The van der Waals surface area contributed by atoms with E-state index < -0.39 is 0 Å². The summed E-state index contributed by atoms with van der Waals surface area (Å²) in [6.45, 7) is 5.92. The number of hydrogen-bond donors (Lipinski definition) is 1. The van der Waals surface area contributed by atoms with E-state index in [1.54, 1.807) is 12.1 Å². The van der Waals surface area contributed by atoms with E-state index >= 15 is 0 Å². The number of imidazole rings is 1. The predicted molar refractivity (Wildman–Crippen MR) is 93.9 cm³/mol. The second-order valence-corrected chi connectivity index (χ2v) is 6.12. The molecule has 126 valence electrons. The van der Waals surface area contributed by atoms with Crippen LogP contribution in [0.2, 0.25) is 0 Å². The number of carbonyl (C=O) groups excluding carboxylic acids is 1. The van der Waals surface area contributed by atoms with E-state index in [0.717, 1.165) is 29.8 Å². The molecule has 2 aromatic heterocycles. The number of nitrogens with one attached hydrogen (secondary N) is 1. The summed E-state index contributed by atoms with van der Waals surface area (Å²) in [6, 6.07) is 11.6. The van der Waals surface area contributed by atoms with Gasteiger partial charge < -0.3 is 14.3 Å². The Morgan fingerprint density at radius 1 is 1.29 bits per heavy atom. The lowest BCUT2D eigenvalue weighted by molar-refractivity contribution is 0.0926. The Hall–Kier alpha value is -2.56. The average Bonchev–Trinajstić information content (AvgIpc) is 3.24. The van der Waals surface area contributed by atoms with Crippen molar-refractivity contribution in [2.45, 2.75) is 33.2 Å². The van der Waals surface area contributed by atoms with Crippen molar-refractivity contribution in [3.05, 3.63) is 54.2 Å². The van der Waals surface area contributed by atoms with Crippen molar-refractivity contribution in [1.29, 1.82) is 0 Å². The van der Waals surface area contributed by atoms with Gasteiger partial charge in [0.15, 0.2) is 5.76 Å². The maximum atomic E-state index is 11.9. The standard InChI is InChI=1S/C19H23N3O2/c1-3-14(2)13-22-16-8-5-4-7-15(16)21-18(22)10-11-20-19(23)17-9-6-12-24-17/h4-9,12,14H,3,10-11,13H2,1-2H3,(H,20,23). The van der Waals surface area contributed by atoms with E-state index in [0.29, 0.717) is 24.6 Å². The Bertz CT molecular complexity index is 805. The smallest absolute Gasteiger partial charge is 0.286 e. The molecule has 0 aliphatic heterocycles. The number of hydrogen-bond acceptors (Lipinski definition) is 3. The van der Waals surface area contributed by atoms with Crippen LogP contribution in [0.15, 0.2) is 47.1 Å². The molecule has 3 rings (SSSR count). The molecule has 0 spiro atoms. The van der Waals surface area contributed by atoms with Crippen molar-refractivity contribution in [2.75, 3.05) is 6.54 Å². The fourth-order valence-corrected chi connectivity index (χ4v) is 2.74. The highest BCUT2D eigenvalue weighted by molar-refractivity contribution is 5.91. The molecule has 2 heterocycles. The van der Waals surface area contributed by atoms with Gasteiger partial charge in [-0.2, -0.15) is 0 Å². The molecule has 3 aromatic rings. The minimum Gasteiger partial charge on any atom is -0.459 e. The highest BCUT2D eigenvalue weighted by atomic mass is 16.3. The molecule has 0 aliphatic rings. The van der Waals surface area contributed by atoms with Gasteiger partial charge in [0.25, 0.3) is 5.91 Å². The van der Waals surface area contributed by atoms with Gasteiger partial charge in [-0.15, -0.1) is 0 Å². The van der Waals surface area contributed by atoms with E-state index in [-0.39, 0.29) is 5.91 Å². The van der Waals surface area contributed by atoms with Crippen LogP contribution < -0.4 is 5.32 Å². The number of aromatic nitrogens is 2. The van der Waals surface area contributed by atoms with E-state index in [1.807, 2.05) is 18.2 Å². The Kier molecular flexibility index (Phi) is 4.99. The molecular weight excluding hydrogens is 302 g/mol. The first-order valence-electron chi connectivity index (χ1n) is 8.45. The predicted octanol–water partition coefficient (Wildman–Crippen LogP) is 3.65. The van der Waals surface area contributed by atoms with Gasteiger partial charge in [0.05, 0.1) is 17.3 Å². The maximum Gasteiger partial charge on any atom is 0.286 e. The zero-order chi connectivity index (χ0) is 16.9. The Balaban J connectivity index is 1.73. The topological polar surface area (TPSA) is 60.1 Å². The number of amides is 1. The van der Waals surface area contributed by atoms with E-state index in [2.05, 4.69) is 29.8 Å². The number of nitrogens with zero attached hydrogens (tertiary/aromatic N) is 2. The third-order valence-electron chi connectivity index (χ3n) is 4.30. The Morgan fingerprint density at radius 2 is 2.12 bits per heavy atom. The molecule has 5 nitrogen and oxygen atoms in total. The van der Waals surface area contributed by atoms with Crippen LogP contribution in [0.1, 0.15) is 36.6 Å². The van der Waals surface area contributed by atoms with Gasteiger partial charge in [-0.3, -0.25) is 4.79 Å². The van der Waals surface area contributed by atoms with Crippen LogP contribution in [0.3, 0.4) is 0 Å². The third kappa shape index (κ3) is 3.50. The van der Waals surface area contributed by atoms with Crippen molar-refractivity contribution >= 4 is 16.9 Å². The largest absolute Gasteiger partial charge is 0.459 e. The van der Waals surface area contributed by atoms with Crippen molar-refractivity contribution in [3.63, 3.8) is 0 Å². The molecule has 0 fully saturated rings. The number of fused-ring (bicyclic) bond motifs is 1. The highest BCUT2D eigenvalue weighted by Crippen LogP contribution is 2.19. The van der Waals surface area contributed by atoms with Crippen LogP contribution in [0.5, 0.6) is 0 Å². The lowest BCUT2D eigenvalue weighted by atomic mass is 10.1. The molecule has 5 heteroatoms. The van der Waals surface area contributed by atoms with Crippen LogP contribution in [0.25, 0.3) is 11.0 Å². The first kappa shape index (κ1) is 16.3. The summed E-state index contributed by atoms with van der Waals surface area (Å²) >= 11 is 0. The molecule has 0 saturated carbocycles. The molecule has 0 radical (unpaired) electrons. The minimum absolute atomic E-state index is 0.190. The number of benzene rings is 1. The molecule has 1 N–H and O–H groups in total. The average molecular weight is 325 g/mol. The van der Waals surface area contributed by atoms with Crippen LogP contribution in [-0.2, 0) is 13.0 Å². The summed E-state index contributed by atoms with van der Waals surface area (Å²) in [6.07, 6.45) is 3.32. The normalized spacial score (nSPS) is 12.4. The first-order chi connectivity index (χ1) is 11.7. The summed E-state index contributed by atoms with van der Waals surface area (Å²) in [5, 5.41) is 2.89. The quantitative estimate of drug-likeness (QED) is 0.721. The van der Waals surface area contributed by atoms with Crippen molar-refractivity contribution in [2.24, 2.45) is 5.92 Å². The summed E-state index contributed by atoms with van der Waals surface area (Å²) in [7, 11) is 0. The number of para-hydroxylation sites is 2. The fourth-order valence-electron chi connectivity index (χ4n) is 2.74. The monoisotopic (exact) mass is 325 g/mol. The highest BCUT2D eigenvalue weighted by Gasteiger charge is 2.13. The van der Waals surface area contributed by atoms with Crippen molar-refractivity contribution in [3.8, 4) is 0 Å². The molecule has 1 aromatic carbocycles. The van der Waals surface area contributed by atoms with Crippen molar-refractivity contribution < 1.29 is 9.21 Å². The van der Waals surface area contributed by atoms with E-state index in [1.165, 1.54) is 6.26 Å². The number of rotatable bonds is 7. The second-order valence-electron chi connectivity index (χ2n) is 6.12. The molecule has 24 heavy (non-hydrogen) atoms. The van der Waals surface area contributed by atoms with Gasteiger partial charge in [-0.25, -0.2) is 4.98 Å². The summed E-state index contributed by atoms with van der Waals surface area (Å²) in [4.78, 5) is 16.7. The third-order valence-corrected chi connectivity index (χ3v) is 4.30. The van der Waals surface area contributed by atoms with Gasteiger partial charge >= 0.3 is 0 Å². The summed E-state index contributed by atoms with van der Waals surface area (Å²) in [5.74, 6) is 1.74. The van der Waals surface area contributed by atoms with Crippen LogP contribution in [0.4, 0.5) is 0 Å². The molecule has 0 aliphatic carbocycles. The zero-order valence-corrected chi connectivity index (χ0v) is 14.2. The minimum atomic E-state index is -0.190. The molecule has 0 bridgehead atoms. The lowest BCUT2D eigenvalue weighted by Crippen LogP contribution is -2.26. The van der Waals surface area contributed by atoms with Crippen molar-refractivity contribution in [1.82, 2.24) is 14.9 Å². The van der Waals surface area contributed by atoms with Gasteiger partial charge in [-0.05, 0) is 30.2 Å². The zero-order valence-electron chi connectivity index (χ0n) is 14.2. The lowest BCUT2D eigenvalue weighted by Gasteiger charge is -2.14. The van der Waals surface area contributed by atoms with Crippen LogP contribution >= 0.6 is 0 Å². The Morgan fingerprint density at radius 3 is 2.88 bits per heavy atom. The molecule has 1 atom stereocenters. The maximum absolute atomic E-state index is 11.9. The molecule has 1 amide bonds. The summed E-state index contributed by atoms with van der Waals surface area (Å²) < 4.78 is 7.38. The van der Waals surface area contributed by atoms with Crippen LogP contribution in [0, 0.1) is 5.92 Å². The van der Waals surface area contributed by atoms with Gasteiger partial charge in [-0.1, -0.05) is 32.4 Å².